The number of phenols is 1. The third kappa shape index (κ3) is 2.82. The number of hydrogen-bond acceptors (Lipinski definition) is 3. The summed E-state index contributed by atoms with van der Waals surface area (Å²) in [6.07, 6.45) is 11.4. The predicted octanol–water partition coefficient (Wildman–Crippen LogP) is 6.59. The lowest BCUT2D eigenvalue weighted by atomic mass is 9.53. The van der Waals surface area contributed by atoms with Gasteiger partial charge in [0.1, 0.15) is 0 Å². The lowest BCUT2D eigenvalue weighted by molar-refractivity contribution is 0.0481. The lowest BCUT2D eigenvalue weighted by Crippen LogP contribution is -2.41. The second-order valence-electron chi connectivity index (χ2n) is 10.3. The number of phenolic OH excluding ortho intramolecular Hbond substituents is 1. The molecule has 160 valence electrons. The monoisotopic (exact) mass is 413 g/mol. The van der Waals surface area contributed by atoms with Crippen molar-refractivity contribution in [2.75, 3.05) is 7.11 Å². The van der Waals surface area contributed by atoms with Gasteiger partial charge in [-0.25, -0.2) is 0 Å². The van der Waals surface area contributed by atoms with Gasteiger partial charge < -0.3 is 9.84 Å². The minimum atomic E-state index is 0.285. The number of aryl methyl sites for hydroxylation is 1. The van der Waals surface area contributed by atoms with E-state index in [1.54, 1.807) is 7.11 Å². The quantitative estimate of drug-likeness (QED) is 0.515. The van der Waals surface area contributed by atoms with Crippen LogP contribution in [0.3, 0.4) is 0 Å². The van der Waals surface area contributed by atoms with Crippen LogP contribution in [-0.4, -0.2) is 17.2 Å². The molecule has 3 aromatic rings. The number of hydrogen-bond donors (Lipinski definition) is 1. The molecule has 6 rings (SSSR count). The zero-order chi connectivity index (χ0) is 21.2. The van der Waals surface area contributed by atoms with Gasteiger partial charge in [-0.15, -0.1) is 0 Å². The summed E-state index contributed by atoms with van der Waals surface area (Å²) in [7, 11) is 1.65. The minimum absolute atomic E-state index is 0.285. The highest BCUT2D eigenvalue weighted by Gasteiger charge is 2.55. The van der Waals surface area contributed by atoms with Crippen LogP contribution in [0.2, 0.25) is 0 Å². The van der Waals surface area contributed by atoms with Crippen molar-refractivity contribution in [1.82, 2.24) is 4.98 Å². The summed E-state index contributed by atoms with van der Waals surface area (Å²) in [4.78, 5) is 4.28. The summed E-state index contributed by atoms with van der Waals surface area (Å²) in [5.41, 5.74) is 4.67. The van der Waals surface area contributed by atoms with Crippen molar-refractivity contribution in [1.29, 1.82) is 0 Å². The molecule has 3 nitrogen and oxygen atoms in total. The molecule has 3 heteroatoms. The Morgan fingerprint density at radius 3 is 2.81 bits per heavy atom. The Labute approximate surface area is 184 Å². The van der Waals surface area contributed by atoms with Crippen LogP contribution in [0.25, 0.3) is 10.8 Å². The number of nitrogens with zero attached hydrogens (tertiary/aromatic N) is 1. The third-order valence-corrected chi connectivity index (χ3v) is 9.09. The van der Waals surface area contributed by atoms with Gasteiger partial charge in [0.25, 0.3) is 0 Å². The Hall–Kier alpha value is -2.55. The molecule has 1 N–H and O–H groups in total. The van der Waals surface area contributed by atoms with Gasteiger partial charge in [-0.2, -0.15) is 0 Å². The molecule has 0 amide bonds. The predicted molar refractivity (Wildman–Crippen MR) is 124 cm³/mol. The van der Waals surface area contributed by atoms with Gasteiger partial charge in [0, 0.05) is 17.8 Å². The number of ether oxygens (including phenoxy) is 1. The van der Waals surface area contributed by atoms with E-state index in [0.29, 0.717) is 23.0 Å². The average molecular weight is 414 g/mol. The van der Waals surface area contributed by atoms with Crippen LogP contribution in [0.1, 0.15) is 67.6 Å². The normalized spacial score (nSPS) is 31.7. The van der Waals surface area contributed by atoms with E-state index in [2.05, 4.69) is 42.2 Å². The zero-order valence-corrected chi connectivity index (χ0v) is 18.5. The van der Waals surface area contributed by atoms with Crippen LogP contribution < -0.4 is 4.74 Å². The number of rotatable bonds is 2. The van der Waals surface area contributed by atoms with Gasteiger partial charge in [-0.3, -0.25) is 4.98 Å². The fourth-order valence-electron chi connectivity index (χ4n) is 7.62. The summed E-state index contributed by atoms with van der Waals surface area (Å²) < 4.78 is 5.45. The SMILES string of the molecule is COc1cc2c(cc1O)CC[C@@H]1[C@@H]2CC[C@]2(C)[C@@H](c3ccc4cnccc4c3)CC[C@@H]12. The summed E-state index contributed by atoms with van der Waals surface area (Å²) >= 11 is 0. The highest BCUT2D eigenvalue weighted by Crippen LogP contribution is 2.65. The molecule has 2 saturated carbocycles. The molecule has 0 aliphatic heterocycles. The van der Waals surface area contributed by atoms with E-state index in [1.807, 2.05) is 18.5 Å². The molecule has 5 atom stereocenters. The second-order valence-corrected chi connectivity index (χ2v) is 10.3. The van der Waals surface area contributed by atoms with Crippen LogP contribution >= 0.6 is 0 Å². The fourth-order valence-corrected chi connectivity index (χ4v) is 7.62. The van der Waals surface area contributed by atoms with Crippen molar-refractivity contribution >= 4 is 10.8 Å². The first kappa shape index (κ1) is 19.2. The largest absolute Gasteiger partial charge is 0.504 e. The number of pyridine rings is 1. The lowest BCUT2D eigenvalue weighted by Gasteiger charge is -2.51. The molecule has 31 heavy (non-hydrogen) atoms. The van der Waals surface area contributed by atoms with Gasteiger partial charge >= 0.3 is 0 Å². The molecule has 0 unspecified atom stereocenters. The van der Waals surface area contributed by atoms with Crippen LogP contribution in [0, 0.1) is 17.3 Å². The summed E-state index contributed by atoms with van der Waals surface area (Å²) in [6, 6.07) is 13.3. The van der Waals surface area contributed by atoms with E-state index < -0.39 is 0 Å². The average Bonchev–Trinajstić information content (AvgIpc) is 3.15. The van der Waals surface area contributed by atoms with Crippen molar-refractivity contribution in [3.63, 3.8) is 0 Å². The van der Waals surface area contributed by atoms with Gasteiger partial charge in [-0.05, 0) is 108 Å². The molecule has 1 aromatic heterocycles. The van der Waals surface area contributed by atoms with Crippen LogP contribution in [0.4, 0.5) is 0 Å². The molecule has 0 spiro atoms. The van der Waals surface area contributed by atoms with Crippen molar-refractivity contribution < 1.29 is 9.84 Å². The Kier molecular flexibility index (Phi) is 4.31. The molecule has 3 aliphatic rings. The first-order valence-electron chi connectivity index (χ1n) is 11.8. The van der Waals surface area contributed by atoms with Crippen molar-refractivity contribution in [2.45, 2.75) is 57.3 Å². The first-order chi connectivity index (χ1) is 15.1. The molecular weight excluding hydrogens is 382 g/mol. The third-order valence-electron chi connectivity index (χ3n) is 9.09. The van der Waals surface area contributed by atoms with Crippen LogP contribution in [0.15, 0.2) is 48.8 Å². The van der Waals surface area contributed by atoms with Crippen molar-refractivity contribution in [2.24, 2.45) is 17.3 Å². The Bertz CT molecular complexity index is 1150. The maximum Gasteiger partial charge on any atom is 0.160 e. The number of fused-ring (bicyclic) bond motifs is 6. The van der Waals surface area contributed by atoms with E-state index in [0.717, 1.165) is 18.3 Å². The molecule has 1 heterocycles. The Morgan fingerprint density at radius 1 is 1.03 bits per heavy atom. The van der Waals surface area contributed by atoms with Crippen LogP contribution in [-0.2, 0) is 6.42 Å². The number of aromatic nitrogens is 1. The van der Waals surface area contributed by atoms with Gasteiger partial charge in [0.05, 0.1) is 7.11 Å². The van der Waals surface area contributed by atoms with E-state index in [-0.39, 0.29) is 5.75 Å². The Morgan fingerprint density at radius 2 is 1.94 bits per heavy atom. The van der Waals surface area contributed by atoms with Gasteiger partial charge in [0.15, 0.2) is 11.5 Å². The molecule has 2 fully saturated rings. The summed E-state index contributed by atoms with van der Waals surface area (Å²) in [5, 5.41) is 12.8. The molecule has 0 radical (unpaired) electrons. The zero-order valence-electron chi connectivity index (χ0n) is 18.5. The summed E-state index contributed by atoms with van der Waals surface area (Å²) in [6.45, 7) is 2.58. The Balaban J connectivity index is 1.34. The van der Waals surface area contributed by atoms with E-state index >= 15 is 0 Å². The second kappa shape index (κ2) is 6.98. The van der Waals surface area contributed by atoms with E-state index in [4.69, 9.17) is 4.74 Å². The molecule has 3 aliphatic carbocycles. The standard InChI is InChI=1S/C28H31NO2/c1-28-11-9-21-22(6-5-18-14-26(30)27(31-2)15-23(18)21)25(28)8-7-24(28)19-3-4-20-16-29-12-10-17(20)13-19/h3-4,10,12-16,21-22,24-25,30H,5-9,11H2,1-2H3/t21-,22+,24+,25-,28+/m0/s1. The molecule has 0 bridgehead atoms. The topological polar surface area (TPSA) is 42.4 Å². The van der Waals surface area contributed by atoms with Crippen LogP contribution in [0.5, 0.6) is 11.5 Å². The number of aromatic hydroxyl groups is 1. The maximum absolute atomic E-state index is 10.3. The van der Waals surface area contributed by atoms with Gasteiger partial charge in [-0.1, -0.05) is 25.1 Å². The van der Waals surface area contributed by atoms with Crippen molar-refractivity contribution in [3.8, 4) is 11.5 Å². The van der Waals surface area contributed by atoms with Crippen molar-refractivity contribution in [3.05, 3.63) is 65.5 Å². The molecule has 0 saturated heterocycles. The smallest absolute Gasteiger partial charge is 0.160 e. The first-order valence-corrected chi connectivity index (χ1v) is 11.8. The van der Waals surface area contributed by atoms with Gasteiger partial charge in [0.2, 0.25) is 0 Å². The van der Waals surface area contributed by atoms with E-state index in [1.165, 1.54) is 59.6 Å². The molecular formula is C28H31NO2. The minimum Gasteiger partial charge on any atom is -0.504 e. The number of methoxy groups -OCH3 is 1. The highest BCUT2D eigenvalue weighted by atomic mass is 16.5. The molecule has 2 aromatic carbocycles. The maximum atomic E-state index is 10.3. The fraction of sp³-hybridized carbons (Fsp3) is 0.464. The van der Waals surface area contributed by atoms with E-state index in [9.17, 15) is 5.11 Å². The number of benzene rings is 2. The summed E-state index contributed by atoms with van der Waals surface area (Å²) in [5.74, 6) is 3.69. The highest BCUT2D eigenvalue weighted by molar-refractivity contribution is 5.82.